The van der Waals surface area contributed by atoms with Gasteiger partial charge in [0.25, 0.3) is 0 Å². The molecule has 1 N–H and O–H groups in total. The van der Waals surface area contributed by atoms with Crippen LogP contribution in [0.3, 0.4) is 0 Å². The standard InChI is InChI=1S/C20H30BNO6/c1-18(2,3)26-17(25)22-15(16(23)24)12-13-8-10-14(11-9-13)21-27-19(4,5)20(6,7)28-21/h8-11,15H,12H2,1-7H3,(H,22,25)(H,23,24)/p-1. The van der Waals surface area contributed by atoms with Crippen molar-refractivity contribution >= 4 is 24.6 Å². The lowest BCUT2D eigenvalue weighted by atomic mass is 9.78. The van der Waals surface area contributed by atoms with E-state index in [9.17, 15) is 14.7 Å². The molecule has 1 heterocycles. The molecule has 0 radical (unpaired) electrons. The molecule has 7 nitrogen and oxygen atoms in total. The van der Waals surface area contributed by atoms with Crippen molar-refractivity contribution in [1.29, 1.82) is 0 Å². The lowest BCUT2D eigenvalue weighted by Crippen LogP contribution is -2.50. The van der Waals surface area contributed by atoms with E-state index in [1.807, 2.05) is 39.8 Å². The number of carboxylic acids is 1. The average molecular weight is 390 g/mol. The van der Waals surface area contributed by atoms with Crippen LogP contribution in [0.5, 0.6) is 0 Å². The number of hydrogen-bond acceptors (Lipinski definition) is 6. The van der Waals surface area contributed by atoms with Gasteiger partial charge in [0.2, 0.25) is 0 Å². The number of carboxylic acid groups (broad SMARTS) is 1. The Bertz CT molecular complexity index is 707. The summed E-state index contributed by atoms with van der Waals surface area (Å²) in [6.45, 7) is 13.0. The van der Waals surface area contributed by atoms with Gasteiger partial charge in [-0.2, -0.15) is 0 Å². The summed E-state index contributed by atoms with van der Waals surface area (Å²) in [5.74, 6) is -1.37. The van der Waals surface area contributed by atoms with Crippen LogP contribution in [0.4, 0.5) is 4.79 Å². The minimum absolute atomic E-state index is 0.0746. The van der Waals surface area contributed by atoms with Crippen LogP contribution in [-0.2, 0) is 25.3 Å². The molecule has 0 bridgehead atoms. The number of ether oxygens (including phenoxy) is 1. The molecule has 8 heteroatoms. The summed E-state index contributed by atoms with van der Waals surface area (Å²) >= 11 is 0. The van der Waals surface area contributed by atoms with Crippen LogP contribution in [0.15, 0.2) is 24.3 Å². The average Bonchev–Trinajstić information content (AvgIpc) is 2.73. The predicted molar refractivity (Wildman–Crippen MR) is 104 cm³/mol. The van der Waals surface area contributed by atoms with E-state index >= 15 is 0 Å². The summed E-state index contributed by atoms with van der Waals surface area (Å²) in [4.78, 5) is 23.3. The second-order valence-corrected chi connectivity index (χ2v) is 9.05. The van der Waals surface area contributed by atoms with Crippen molar-refractivity contribution in [3.63, 3.8) is 0 Å². The first-order valence-electron chi connectivity index (χ1n) is 9.35. The molecule has 0 spiro atoms. The number of carbonyl (C=O) groups is 2. The molecular weight excluding hydrogens is 361 g/mol. The van der Waals surface area contributed by atoms with Gasteiger partial charge in [0.05, 0.1) is 23.2 Å². The van der Waals surface area contributed by atoms with Gasteiger partial charge in [-0.25, -0.2) is 4.79 Å². The Morgan fingerprint density at radius 1 is 1.11 bits per heavy atom. The summed E-state index contributed by atoms with van der Waals surface area (Å²) in [5, 5.41) is 13.7. The van der Waals surface area contributed by atoms with Gasteiger partial charge >= 0.3 is 13.2 Å². The molecule has 154 valence electrons. The van der Waals surface area contributed by atoms with Crippen LogP contribution in [0.1, 0.15) is 54.0 Å². The first kappa shape index (κ1) is 22.2. The van der Waals surface area contributed by atoms with Crippen LogP contribution in [-0.4, -0.2) is 42.0 Å². The number of hydrogen-bond donors (Lipinski definition) is 1. The van der Waals surface area contributed by atoms with Crippen molar-refractivity contribution in [2.24, 2.45) is 0 Å². The van der Waals surface area contributed by atoms with E-state index in [-0.39, 0.29) is 6.42 Å². The number of nitrogens with one attached hydrogen (secondary N) is 1. The molecule has 1 aliphatic rings. The molecule has 1 aromatic carbocycles. The number of amides is 1. The molecule has 1 unspecified atom stereocenters. The Kier molecular flexibility index (Phi) is 6.16. The number of benzene rings is 1. The zero-order chi connectivity index (χ0) is 21.3. The van der Waals surface area contributed by atoms with Crippen molar-refractivity contribution < 1.29 is 28.7 Å². The van der Waals surface area contributed by atoms with E-state index in [0.29, 0.717) is 0 Å². The maximum absolute atomic E-state index is 11.9. The van der Waals surface area contributed by atoms with Crippen LogP contribution < -0.4 is 15.9 Å². The Balaban J connectivity index is 2.04. The lowest BCUT2D eigenvalue weighted by Gasteiger charge is -2.32. The number of aliphatic carboxylic acids is 1. The van der Waals surface area contributed by atoms with E-state index in [0.717, 1.165) is 11.0 Å². The fourth-order valence-corrected chi connectivity index (χ4v) is 2.67. The Labute approximate surface area is 166 Å². The normalized spacial score (nSPS) is 19.2. The minimum atomic E-state index is -1.37. The second kappa shape index (κ2) is 7.76. The van der Waals surface area contributed by atoms with Gasteiger partial charge in [-0.3, -0.25) is 0 Å². The van der Waals surface area contributed by atoms with Gasteiger partial charge in [-0.15, -0.1) is 0 Å². The quantitative estimate of drug-likeness (QED) is 0.759. The van der Waals surface area contributed by atoms with E-state index in [2.05, 4.69) is 5.32 Å². The smallest absolute Gasteiger partial charge is 0.494 e. The van der Waals surface area contributed by atoms with Gasteiger partial charge in [0.15, 0.2) is 0 Å². The zero-order valence-corrected chi connectivity index (χ0v) is 17.6. The van der Waals surface area contributed by atoms with Crippen molar-refractivity contribution in [2.75, 3.05) is 0 Å². The van der Waals surface area contributed by atoms with Crippen LogP contribution >= 0.6 is 0 Å². The van der Waals surface area contributed by atoms with E-state index in [1.165, 1.54) is 0 Å². The molecule has 1 amide bonds. The Hall–Kier alpha value is -2.06. The first-order chi connectivity index (χ1) is 12.7. The van der Waals surface area contributed by atoms with Gasteiger partial charge < -0.3 is 29.3 Å². The van der Waals surface area contributed by atoms with Crippen molar-refractivity contribution in [1.82, 2.24) is 5.32 Å². The zero-order valence-electron chi connectivity index (χ0n) is 17.6. The largest absolute Gasteiger partial charge is 0.548 e. The number of rotatable bonds is 5. The predicted octanol–water partition coefficient (Wildman–Crippen LogP) is 1.17. The fraction of sp³-hybridized carbons (Fsp3) is 0.600. The Morgan fingerprint density at radius 2 is 1.61 bits per heavy atom. The maximum Gasteiger partial charge on any atom is 0.494 e. The third-order valence-electron chi connectivity index (χ3n) is 4.92. The molecule has 1 aromatic rings. The van der Waals surface area contributed by atoms with E-state index in [4.69, 9.17) is 14.0 Å². The molecule has 0 aromatic heterocycles. The van der Waals surface area contributed by atoms with Crippen molar-refractivity contribution in [3.8, 4) is 0 Å². The molecular formula is C20H29BNO6-. The van der Waals surface area contributed by atoms with E-state index < -0.39 is 42.0 Å². The van der Waals surface area contributed by atoms with Crippen molar-refractivity contribution in [2.45, 2.75) is 77.7 Å². The highest BCUT2D eigenvalue weighted by molar-refractivity contribution is 6.62. The molecule has 1 saturated heterocycles. The van der Waals surface area contributed by atoms with Gasteiger partial charge in [-0.1, -0.05) is 24.3 Å². The van der Waals surface area contributed by atoms with Crippen LogP contribution in [0.25, 0.3) is 0 Å². The highest BCUT2D eigenvalue weighted by Crippen LogP contribution is 2.36. The Morgan fingerprint density at radius 3 is 2.04 bits per heavy atom. The van der Waals surface area contributed by atoms with E-state index in [1.54, 1.807) is 32.9 Å². The van der Waals surface area contributed by atoms with Gasteiger partial charge in [0.1, 0.15) is 5.60 Å². The molecule has 1 atom stereocenters. The second-order valence-electron chi connectivity index (χ2n) is 9.05. The first-order valence-corrected chi connectivity index (χ1v) is 9.35. The number of alkyl carbamates (subject to hydrolysis) is 1. The van der Waals surface area contributed by atoms with Gasteiger partial charge in [-0.05, 0) is 65.9 Å². The molecule has 1 aliphatic heterocycles. The summed E-state index contributed by atoms with van der Waals surface area (Å²) in [6.07, 6.45) is -0.721. The third kappa shape index (κ3) is 5.48. The van der Waals surface area contributed by atoms with Crippen LogP contribution in [0.2, 0.25) is 0 Å². The molecule has 2 rings (SSSR count). The van der Waals surface area contributed by atoms with Crippen molar-refractivity contribution in [3.05, 3.63) is 29.8 Å². The topological polar surface area (TPSA) is 96.9 Å². The highest BCUT2D eigenvalue weighted by atomic mass is 16.7. The maximum atomic E-state index is 11.9. The molecule has 28 heavy (non-hydrogen) atoms. The molecule has 1 fully saturated rings. The fourth-order valence-electron chi connectivity index (χ4n) is 2.67. The summed E-state index contributed by atoms with van der Waals surface area (Å²) in [5.41, 5.74) is -0.0231. The third-order valence-corrected chi connectivity index (χ3v) is 4.92. The summed E-state index contributed by atoms with van der Waals surface area (Å²) < 4.78 is 17.1. The summed E-state index contributed by atoms with van der Waals surface area (Å²) in [7, 11) is -0.490. The molecule has 0 aliphatic carbocycles. The van der Waals surface area contributed by atoms with Crippen LogP contribution in [0, 0.1) is 0 Å². The summed E-state index contributed by atoms with van der Waals surface area (Å²) in [6, 6.07) is 6.03. The minimum Gasteiger partial charge on any atom is -0.548 e. The van der Waals surface area contributed by atoms with Gasteiger partial charge in [0, 0.05) is 0 Å². The number of carbonyl (C=O) groups excluding carboxylic acids is 2. The lowest BCUT2D eigenvalue weighted by molar-refractivity contribution is -0.308. The highest BCUT2D eigenvalue weighted by Gasteiger charge is 2.51. The SMILES string of the molecule is CC(C)(C)OC(=O)NC(Cc1ccc(B2OC(C)(C)C(C)(C)O2)cc1)C(=O)[O-]. The molecule has 0 saturated carbocycles. The monoisotopic (exact) mass is 390 g/mol.